The van der Waals surface area contributed by atoms with Crippen molar-refractivity contribution in [3.8, 4) is 0 Å². The lowest BCUT2D eigenvalue weighted by Gasteiger charge is -2.34. The third-order valence-corrected chi connectivity index (χ3v) is 3.90. The smallest absolute Gasteiger partial charge is 0.246 e. The average Bonchev–Trinajstić information content (AvgIpc) is 2.36. The number of carbonyl (C=O) groups is 1. The molecule has 0 aliphatic carbocycles. The van der Waals surface area contributed by atoms with E-state index in [1.54, 1.807) is 12.1 Å². The number of amides is 1. The summed E-state index contributed by atoms with van der Waals surface area (Å²) in [5.41, 5.74) is 0.264. The molecule has 1 aromatic rings. The van der Waals surface area contributed by atoms with Gasteiger partial charge < -0.3 is 4.90 Å². The Hall–Kier alpha value is -1.35. The van der Waals surface area contributed by atoms with Crippen molar-refractivity contribution in [2.24, 2.45) is 11.8 Å². The van der Waals surface area contributed by atoms with Crippen LogP contribution in [0.25, 0.3) is 6.08 Å². The highest BCUT2D eigenvalue weighted by Gasteiger charge is 2.24. The second-order valence-corrected chi connectivity index (χ2v) is 6.07. The number of halogens is 2. The Morgan fingerprint density at radius 1 is 1.35 bits per heavy atom. The molecule has 1 aromatic carbocycles. The van der Waals surface area contributed by atoms with Crippen LogP contribution in [-0.2, 0) is 4.79 Å². The van der Waals surface area contributed by atoms with Gasteiger partial charge >= 0.3 is 0 Å². The van der Waals surface area contributed by atoms with Gasteiger partial charge in [-0.3, -0.25) is 4.79 Å². The lowest BCUT2D eigenvalue weighted by Crippen LogP contribution is -2.41. The zero-order chi connectivity index (χ0) is 14.7. The zero-order valence-corrected chi connectivity index (χ0v) is 12.5. The quantitative estimate of drug-likeness (QED) is 0.755. The van der Waals surface area contributed by atoms with Crippen LogP contribution in [0.4, 0.5) is 4.39 Å². The van der Waals surface area contributed by atoms with Crippen molar-refractivity contribution in [3.63, 3.8) is 0 Å². The summed E-state index contributed by atoms with van der Waals surface area (Å²) in [6, 6.07) is 4.49. The summed E-state index contributed by atoms with van der Waals surface area (Å²) >= 11 is 5.93. The van der Waals surface area contributed by atoms with Crippen LogP contribution in [0.1, 0.15) is 25.8 Å². The summed E-state index contributed by atoms with van der Waals surface area (Å²) in [6.45, 7) is 5.82. The van der Waals surface area contributed by atoms with Gasteiger partial charge in [0.15, 0.2) is 0 Å². The molecular weight excluding hydrogens is 277 g/mol. The molecule has 1 aliphatic heterocycles. The van der Waals surface area contributed by atoms with E-state index in [9.17, 15) is 9.18 Å². The van der Waals surface area contributed by atoms with Crippen molar-refractivity contribution >= 4 is 23.6 Å². The monoisotopic (exact) mass is 295 g/mol. The van der Waals surface area contributed by atoms with Crippen molar-refractivity contribution in [2.75, 3.05) is 13.1 Å². The van der Waals surface area contributed by atoms with Gasteiger partial charge in [0.25, 0.3) is 0 Å². The Balaban J connectivity index is 2.09. The molecule has 1 heterocycles. The second kappa shape index (κ2) is 6.40. The van der Waals surface area contributed by atoms with Crippen LogP contribution in [0.5, 0.6) is 0 Å². The molecule has 1 amide bonds. The molecule has 4 heteroatoms. The van der Waals surface area contributed by atoms with Crippen molar-refractivity contribution in [3.05, 3.63) is 40.7 Å². The van der Waals surface area contributed by atoms with Crippen LogP contribution in [0, 0.1) is 17.7 Å². The molecular formula is C16H19ClFNO. The topological polar surface area (TPSA) is 20.3 Å². The van der Waals surface area contributed by atoms with E-state index in [1.807, 2.05) is 4.90 Å². The number of carbonyl (C=O) groups excluding carboxylic acids is 1. The maximum atomic E-state index is 13.6. The SMILES string of the molecule is C[C@@H]1C[C@@H](C)CN(C(=O)/C=C/c2c(F)cccc2Cl)C1. The Labute approximate surface area is 124 Å². The summed E-state index contributed by atoms with van der Waals surface area (Å²) in [5, 5.41) is 0.314. The molecule has 0 bridgehead atoms. The fraction of sp³-hybridized carbons (Fsp3) is 0.438. The van der Waals surface area contributed by atoms with Gasteiger partial charge in [0.2, 0.25) is 5.91 Å². The van der Waals surface area contributed by atoms with Gasteiger partial charge in [0.1, 0.15) is 5.82 Å². The minimum Gasteiger partial charge on any atom is -0.339 e. The number of hydrogen-bond acceptors (Lipinski definition) is 1. The van der Waals surface area contributed by atoms with Gasteiger partial charge in [-0.05, 0) is 36.5 Å². The molecule has 20 heavy (non-hydrogen) atoms. The summed E-state index contributed by atoms with van der Waals surface area (Å²) < 4.78 is 13.6. The third-order valence-electron chi connectivity index (χ3n) is 3.57. The molecule has 1 fully saturated rings. The molecule has 2 nitrogen and oxygen atoms in total. The molecule has 2 atom stereocenters. The summed E-state index contributed by atoms with van der Waals surface area (Å²) in [6.07, 6.45) is 4.02. The summed E-state index contributed by atoms with van der Waals surface area (Å²) in [5.74, 6) is 0.519. The van der Waals surface area contributed by atoms with Crippen LogP contribution in [-0.4, -0.2) is 23.9 Å². The van der Waals surface area contributed by atoms with E-state index in [-0.39, 0.29) is 11.5 Å². The fourth-order valence-corrected chi connectivity index (χ4v) is 3.00. The number of rotatable bonds is 2. The Morgan fingerprint density at radius 2 is 2.00 bits per heavy atom. The molecule has 0 saturated carbocycles. The first-order valence-electron chi connectivity index (χ1n) is 6.88. The molecule has 0 radical (unpaired) electrons. The van der Waals surface area contributed by atoms with Crippen molar-refractivity contribution in [1.29, 1.82) is 0 Å². The summed E-state index contributed by atoms with van der Waals surface area (Å²) in [7, 11) is 0. The third kappa shape index (κ3) is 3.60. The van der Waals surface area contributed by atoms with Crippen LogP contribution in [0.2, 0.25) is 5.02 Å². The molecule has 0 unspecified atom stereocenters. The maximum absolute atomic E-state index is 13.6. The van der Waals surface area contributed by atoms with E-state index in [0.29, 0.717) is 16.9 Å². The highest BCUT2D eigenvalue weighted by molar-refractivity contribution is 6.32. The predicted molar refractivity (Wildman–Crippen MR) is 80.0 cm³/mol. The number of hydrogen-bond donors (Lipinski definition) is 0. The van der Waals surface area contributed by atoms with E-state index in [2.05, 4.69) is 13.8 Å². The molecule has 0 spiro atoms. The van der Waals surface area contributed by atoms with Crippen LogP contribution < -0.4 is 0 Å². The van der Waals surface area contributed by atoms with E-state index < -0.39 is 5.82 Å². The van der Waals surface area contributed by atoms with Crippen molar-refractivity contribution in [1.82, 2.24) is 4.90 Å². The largest absolute Gasteiger partial charge is 0.339 e. The number of likely N-dealkylation sites (tertiary alicyclic amines) is 1. The van der Waals surface area contributed by atoms with Gasteiger partial charge in [-0.25, -0.2) is 4.39 Å². The Kier molecular flexibility index (Phi) is 4.81. The average molecular weight is 296 g/mol. The maximum Gasteiger partial charge on any atom is 0.246 e. The fourth-order valence-electron chi connectivity index (χ4n) is 2.77. The molecule has 1 saturated heterocycles. The van der Waals surface area contributed by atoms with Crippen molar-refractivity contribution < 1.29 is 9.18 Å². The zero-order valence-electron chi connectivity index (χ0n) is 11.8. The first kappa shape index (κ1) is 15.0. The molecule has 2 rings (SSSR count). The van der Waals surface area contributed by atoms with E-state index in [4.69, 9.17) is 11.6 Å². The number of nitrogens with zero attached hydrogens (tertiary/aromatic N) is 1. The molecule has 1 aliphatic rings. The standard InChI is InChI=1S/C16H19ClFNO/c1-11-8-12(2)10-19(9-11)16(20)7-6-13-14(17)4-3-5-15(13)18/h3-7,11-12H,8-10H2,1-2H3/b7-6+/t11-,12-/m1/s1. The highest BCUT2D eigenvalue weighted by Crippen LogP contribution is 2.23. The lowest BCUT2D eigenvalue weighted by molar-refractivity contribution is -0.128. The molecule has 0 N–H and O–H groups in total. The van der Waals surface area contributed by atoms with E-state index >= 15 is 0 Å². The Bertz CT molecular complexity index is 499. The van der Waals surface area contributed by atoms with E-state index in [1.165, 1.54) is 18.2 Å². The first-order valence-corrected chi connectivity index (χ1v) is 7.26. The number of benzene rings is 1. The van der Waals surface area contributed by atoms with Gasteiger partial charge in [0, 0.05) is 24.7 Å². The highest BCUT2D eigenvalue weighted by atomic mass is 35.5. The van der Waals surface area contributed by atoms with Gasteiger partial charge in [-0.2, -0.15) is 0 Å². The van der Waals surface area contributed by atoms with Crippen LogP contribution in [0.3, 0.4) is 0 Å². The lowest BCUT2D eigenvalue weighted by atomic mass is 9.92. The summed E-state index contributed by atoms with van der Waals surface area (Å²) in [4.78, 5) is 14.0. The molecule has 108 valence electrons. The minimum absolute atomic E-state index is 0.0808. The van der Waals surface area contributed by atoms with Gasteiger partial charge in [-0.1, -0.05) is 31.5 Å². The van der Waals surface area contributed by atoms with Crippen molar-refractivity contribution in [2.45, 2.75) is 20.3 Å². The normalized spacial score (nSPS) is 23.3. The first-order chi connectivity index (χ1) is 9.47. The Morgan fingerprint density at radius 3 is 2.60 bits per heavy atom. The van der Waals surface area contributed by atoms with Gasteiger partial charge in [0.05, 0.1) is 5.02 Å². The van der Waals surface area contributed by atoms with Crippen LogP contribution in [0.15, 0.2) is 24.3 Å². The van der Waals surface area contributed by atoms with Gasteiger partial charge in [-0.15, -0.1) is 0 Å². The molecule has 0 aromatic heterocycles. The second-order valence-electron chi connectivity index (χ2n) is 5.66. The minimum atomic E-state index is -0.415. The number of piperidine rings is 1. The predicted octanol–water partition coefficient (Wildman–Crippen LogP) is 4.00. The van der Waals surface area contributed by atoms with E-state index in [0.717, 1.165) is 19.5 Å². The van der Waals surface area contributed by atoms with Crippen LogP contribution >= 0.6 is 11.6 Å².